The predicted octanol–water partition coefficient (Wildman–Crippen LogP) is 3.09. The molecule has 0 heterocycles. The van der Waals surface area contributed by atoms with E-state index in [-0.39, 0.29) is 0 Å². The number of benzene rings is 1. The van der Waals surface area contributed by atoms with Crippen LogP contribution in [0.1, 0.15) is 25.7 Å². The lowest BCUT2D eigenvalue weighted by atomic mass is 9.71. The van der Waals surface area contributed by atoms with E-state index in [4.69, 9.17) is 4.74 Å². The maximum Gasteiger partial charge on any atom is 0.119 e. The Morgan fingerprint density at radius 3 is 2.59 bits per heavy atom. The summed E-state index contributed by atoms with van der Waals surface area (Å²) in [6, 6.07) is 10.1. The molecule has 1 fully saturated rings. The number of hydrogen-bond acceptors (Lipinski definition) is 2. The van der Waals surface area contributed by atoms with Crippen molar-refractivity contribution in [2.24, 2.45) is 11.8 Å². The van der Waals surface area contributed by atoms with E-state index in [0.29, 0.717) is 0 Å². The maximum absolute atomic E-state index is 5.70. The molecule has 1 aliphatic rings. The first kappa shape index (κ1) is 12.4. The first-order valence-electron chi connectivity index (χ1n) is 6.72. The highest BCUT2D eigenvalue weighted by Crippen LogP contribution is 2.36. The van der Waals surface area contributed by atoms with Crippen molar-refractivity contribution in [3.63, 3.8) is 0 Å². The highest BCUT2D eigenvalue weighted by atomic mass is 16.5. The van der Waals surface area contributed by atoms with E-state index < -0.39 is 0 Å². The average molecular weight is 233 g/mol. The van der Waals surface area contributed by atoms with Crippen LogP contribution in [-0.2, 0) is 0 Å². The Kier molecular flexibility index (Phi) is 4.87. The van der Waals surface area contributed by atoms with Gasteiger partial charge in [-0.25, -0.2) is 0 Å². The molecule has 0 radical (unpaired) electrons. The minimum atomic E-state index is 0.854. The molecule has 2 unspecified atom stereocenters. The number of hydrogen-bond donors (Lipinski definition) is 1. The molecule has 2 rings (SSSR count). The van der Waals surface area contributed by atoms with Gasteiger partial charge in [-0.05, 0) is 63.2 Å². The van der Waals surface area contributed by atoms with Gasteiger partial charge in [-0.2, -0.15) is 0 Å². The van der Waals surface area contributed by atoms with Gasteiger partial charge in [-0.1, -0.05) is 18.2 Å². The van der Waals surface area contributed by atoms with Crippen LogP contribution in [0, 0.1) is 11.8 Å². The van der Waals surface area contributed by atoms with Crippen molar-refractivity contribution in [3.8, 4) is 5.75 Å². The normalized spacial score (nSPS) is 23.1. The smallest absolute Gasteiger partial charge is 0.119 e. The van der Waals surface area contributed by atoms with Crippen LogP contribution in [0.4, 0.5) is 0 Å². The van der Waals surface area contributed by atoms with Crippen LogP contribution < -0.4 is 10.1 Å². The molecule has 1 saturated carbocycles. The van der Waals surface area contributed by atoms with Crippen molar-refractivity contribution in [2.45, 2.75) is 25.7 Å². The van der Waals surface area contributed by atoms with Crippen LogP contribution in [0.3, 0.4) is 0 Å². The Morgan fingerprint density at radius 2 is 1.94 bits per heavy atom. The molecule has 1 aromatic carbocycles. The summed E-state index contributed by atoms with van der Waals surface area (Å²) in [5.74, 6) is 2.84. The number of rotatable bonds is 7. The second-order valence-electron chi connectivity index (χ2n) is 4.96. The summed E-state index contributed by atoms with van der Waals surface area (Å²) in [5.41, 5.74) is 0. The molecule has 0 aromatic heterocycles. The molecule has 1 aromatic rings. The summed E-state index contributed by atoms with van der Waals surface area (Å²) in [6.45, 7) is 2.04. The third-order valence-electron chi connectivity index (χ3n) is 3.77. The zero-order valence-corrected chi connectivity index (χ0v) is 10.7. The summed E-state index contributed by atoms with van der Waals surface area (Å²) in [7, 11) is 2.05. The van der Waals surface area contributed by atoms with Crippen molar-refractivity contribution in [3.05, 3.63) is 30.3 Å². The van der Waals surface area contributed by atoms with E-state index in [2.05, 4.69) is 5.32 Å². The lowest BCUT2D eigenvalue weighted by Gasteiger charge is -2.36. The zero-order valence-electron chi connectivity index (χ0n) is 10.7. The molecule has 94 valence electrons. The predicted molar refractivity (Wildman–Crippen MR) is 71.3 cm³/mol. The lowest BCUT2D eigenvalue weighted by molar-refractivity contribution is 0.151. The molecule has 0 saturated heterocycles. The minimum Gasteiger partial charge on any atom is -0.494 e. The standard InChI is InChI=1S/C15H23NO/c1-16-12-14-10-9-13(14)6-5-11-17-15-7-3-2-4-8-15/h2-4,7-8,13-14,16H,5-6,9-12H2,1H3. The molecule has 17 heavy (non-hydrogen) atoms. The molecule has 2 heteroatoms. The van der Waals surface area contributed by atoms with E-state index in [1.165, 1.54) is 32.2 Å². The average Bonchev–Trinajstić information content (AvgIpc) is 2.35. The molecular weight excluding hydrogens is 210 g/mol. The van der Waals surface area contributed by atoms with Crippen LogP contribution in [0.2, 0.25) is 0 Å². The molecule has 2 nitrogen and oxygen atoms in total. The van der Waals surface area contributed by atoms with Crippen LogP contribution in [0.25, 0.3) is 0 Å². The number of ether oxygens (including phenoxy) is 1. The van der Waals surface area contributed by atoms with Crippen LogP contribution in [-0.4, -0.2) is 20.2 Å². The largest absolute Gasteiger partial charge is 0.494 e. The molecule has 0 spiro atoms. The maximum atomic E-state index is 5.70. The van der Waals surface area contributed by atoms with E-state index in [9.17, 15) is 0 Å². The Hall–Kier alpha value is -1.02. The van der Waals surface area contributed by atoms with Crippen molar-refractivity contribution in [1.29, 1.82) is 0 Å². The fourth-order valence-electron chi connectivity index (χ4n) is 2.60. The van der Waals surface area contributed by atoms with E-state index in [1.807, 2.05) is 37.4 Å². The third-order valence-corrected chi connectivity index (χ3v) is 3.77. The van der Waals surface area contributed by atoms with E-state index >= 15 is 0 Å². The first-order chi connectivity index (χ1) is 8.40. The van der Waals surface area contributed by atoms with Crippen molar-refractivity contribution in [1.82, 2.24) is 5.32 Å². The zero-order chi connectivity index (χ0) is 11.9. The van der Waals surface area contributed by atoms with Gasteiger partial charge in [0, 0.05) is 0 Å². The fourth-order valence-corrected chi connectivity index (χ4v) is 2.60. The second-order valence-corrected chi connectivity index (χ2v) is 4.96. The molecule has 1 aliphatic carbocycles. The van der Waals surface area contributed by atoms with Gasteiger partial charge >= 0.3 is 0 Å². The van der Waals surface area contributed by atoms with Gasteiger partial charge in [0.2, 0.25) is 0 Å². The summed E-state index contributed by atoms with van der Waals surface area (Å²) >= 11 is 0. The quantitative estimate of drug-likeness (QED) is 0.731. The number of nitrogens with one attached hydrogen (secondary N) is 1. The van der Waals surface area contributed by atoms with Gasteiger partial charge in [0.1, 0.15) is 5.75 Å². The first-order valence-corrected chi connectivity index (χ1v) is 6.72. The molecule has 0 amide bonds. The summed E-state index contributed by atoms with van der Waals surface area (Å²) in [6.07, 6.45) is 5.32. The van der Waals surface area contributed by atoms with Crippen LogP contribution in [0.5, 0.6) is 5.75 Å². The van der Waals surface area contributed by atoms with Crippen molar-refractivity contribution < 1.29 is 4.74 Å². The van der Waals surface area contributed by atoms with E-state index in [0.717, 1.165) is 24.2 Å². The summed E-state index contributed by atoms with van der Waals surface area (Å²) < 4.78 is 5.70. The van der Waals surface area contributed by atoms with Gasteiger partial charge in [0.15, 0.2) is 0 Å². The van der Waals surface area contributed by atoms with Crippen LogP contribution in [0.15, 0.2) is 30.3 Å². The molecule has 2 atom stereocenters. The third kappa shape index (κ3) is 3.74. The fraction of sp³-hybridized carbons (Fsp3) is 0.600. The van der Waals surface area contributed by atoms with Gasteiger partial charge in [-0.3, -0.25) is 0 Å². The molecule has 0 aliphatic heterocycles. The van der Waals surface area contributed by atoms with Gasteiger partial charge < -0.3 is 10.1 Å². The van der Waals surface area contributed by atoms with Crippen molar-refractivity contribution in [2.75, 3.05) is 20.2 Å². The van der Waals surface area contributed by atoms with Gasteiger partial charge in [-0.15, -0.1) is 0 Å². The van der Waals surface area contributed by atoms with Gasteiger partial charge in [0.05, 0.1) is 6.61 Å². The minimum absolute atomic E-state index is 0.854. The monoisotopic (exact) mass is 233 g/mol. The van der Waals surface area contributed by atoms with Crippen molar-refractivity contribution >= 4 is 0 Å². The number of para-hydroxylation sites is 1. The van der Waals surface area contributed by atoms with Gasteiger partial charge in [0.25, 0.3) is 0 Å². The summed E-state index contributed by atoms with van der Waals surface area (Å²) in [4.78, 5) is 0. The Balaban J connectivity index is 1.58. The SMILES string of the molecule is CNCC1CCC1CCCOc1ccccc1. The highest BCUT2D eigenvalue weighted by molar-refractivity contribution is 5.20. The highest BCUT2D eigenvalue weighted by Gasteiger charge is 2.29. The van der Waals surface area contributed by atoms with Crippen LogP contribution >= 0.6 is 0 Å². The molecule has 1 N–H and O–H groups in total. The molecule has 0 bridgehead atoms. The summed E-state index contributed by atoms with van der Waals surface area (Å²) in [5, 5.41) is 3.28. The molecular formula is C15H23NO. The lowest BCUT2D eigenvalue weighted by Crippen LogP contribution is -2.34. The topological polar surface area (TPSA) is 21.3 Å². The Morgan fingerprint density at radius 1 is 1.18 bits per heavy atom. The Labute approximate surface area is 104 Å². The van der Waals surface area contributed by atoms with E-state index in [1.54, 1.807) is 0 Å². The second kappa shape index (κ2) is 6.65. The Bertz CT molecular complexity index is 312.